The lowest BCUT2D eigenvalue weighted by atomic mass is 10.1. The van der Waals surface area contributed by atoms with Gasteiger partial charge in [0.1, 0.15) is 29.7 Å². The summed E-state index contributed by atoms with van der Waals surface area (Å²) in [7, 11) is 2.83. The van der Waals surface area contributed by atoms with Crippen molar-refractivity contribution in [3.05, 3.63) is 47.5 Å². The molecule has 0 spiro atoms. The van der Waals surface area contributed by atoms with Crippen molar-refractivity contribution in [2.45, 2.75) is 13.0 Å². The zero-order valence-electron chi connectivity index (χ0n) is 14.8. The second kappa shape index (κ2) is 7.56. The Morgan fingerprint density at radius 3 is 2.67 bits per heavy atom. The molecule has 1 amide bonds. The number of methoxy groups -OCH3 is 1. The van der Waals surface area contributed by atoms with E-state index in [9.17, 15) is 18.8 Å². The average Bonchev–Trinajstić information content (AvgIpc) is 3.22. The largest absolute Gasteiger partial charge is 0.464 e. The van der Waals surface area contributed by atoms with Gasteiger partial charge >= 0.3 is 11.9 Å². The average molecular weight is 375 g/mol. The molecular formula is C18H18FN3O5. The summed E-state index contributed by atoms with van der Waals surface area (Å²) in [5.74, 6) is -2.91. The van der Waals surface area contributed by atoms with E-state index >= 15 is 0 Å². The molecule has 9 heteroatoms. The van der Waals surface area contributed by atoms with Gasteiger partial charge in [-0.05, 0) is 36.8 Å². The number of aromatic nitrogens is 2. The van der Waals surface area contributed by atoms with Gasteiger partial charge in [-0.15, -0.1) is 0 Å². The first-order valence-corrected chi connectivity index (χ1v) is 8.25. The first-order chi connectivity index (χ1) is 12.9. The molecule has 1 aromatic heterocycles. The maximum atomic E-state index is 13.0. The number of anilines is 1. The molecule has 142 valence electrons. The van der Waals surface area contributed by atoms with Gasteiger partial charge in [0, 0.05) is 19.3 Å². The topological polar surface area (TPSA) is 90.7 Å². The van der Waals surface area contributed by atoms with Crippen LogP contribution in [0, 0.1) is 11.7 Å². The summed E-state index contributed by atoms with van der Waals surface area (Å²) in [5.41, 5.74) is 1.12. The lowest BCUT2D eigenvalue weighted by Gasteiger charge is -2.16. The quantitative estimate of drug-likeness (QED) is 0.580. The fraction of sp³-hybridized carbons (Fsp3) is 0.333. The lowest BCUT2D eigenvalue weighted by Crippen LogP contribution is -2.31. The zero-order chi connectivity index (χ0) is 19.6. The number of carbonyl (C=O) groups is 3. The third kappa shape index (κ3) is 3.81. The van der Waals surface area contributed by atoms with Gasteiger partial charge in [-0.25, -0.2) is 9.18 Å². The minimum Gasteiger partial charge on any atom is -0.464 e. The van der Waals surface area contributed by atoms with Crippen LogP contribution in [0.15, 0.2) is 30.3 Å². The van der Waals surface area contributed by atoms with Crippen molar-refractivity contribution in [1.82, 2.24) is 9.78 Å². The molecule has 0 saturated carbocycles. The van der Waals surface area contributed by atoms with E-state index in [0.29, 0.717) is 24.3 Å². The van der Waals surface area contributed by atoms with Crippen LogP contribution in [-0.4, -0.2) is 41.3 Å². The molecule has 2 aromatic rings. The number of halogens is 1. The molecule has 1 unspecified atom stereocenters. The number of amides is 1. The Morgan fingerprint density at radius 2 is 2.00 bits per heavy atom. The molecule has 0 radical (unpaired) electrons. The van der Waals surface area contributed by atoms with Crippen LogP contribution >= 0.6 is 0 Å². The molecule has 3 rings (SSSR count). The van der Waals surface area contributed by atoms with Crippen molar-refractivity contribution >= 4 is 23.5 Å². The van der Waals surface area contributed by atoms with Crippen molar-refractivity contribution in [2.75, 3.05) is 18.6 Å². The number of ether oxygens (including phenoxy) is 2. The minimum atomic E-state index is -0.918. The number of aryl methyl sites for hydroxylation is 1. The summed E-state index contributed by atoms with van der Waals surface area (Å²) in [5, 5.41) is 4.08. The molecule has 1 atom stereocenters. The Bertz CT molecular complexity index is 878. The van der Waals surface area contributed by atoms with E-state index in [1.807, 2.05) is 0 Å². The molecule has 1 aliphatic heterocycles. The molecule has 1 aliphatic rings. The van der Waals surface area contributed by atoms with Gasteiger partial charge in [-0.3, -0.25) is 14.3 Å². The van der Waals surface area contributed by atoms with Gasteiger partial charge < -0.3 is 14.4 Å². The van der Waals surface area contributed by atoms with Crippen molar-refractivity contribution in [2.24, 2.45) is 13.0 Å². The molecule has 1 saturated heterocycles. The standard InChI is InChI=1S/C18H18FN3O5/c1-21-15(18(25)26-2)9-12(20-21)10-27-17(24)14-7-8-22(16(14)23)13-5-3-11(19)4-6-13/h3-6,9,14H,7-8,10H2,1-2H3. The van der Waals surface area contributed by atoms with E-state index in [1.54, 1.807) is 7.05 Å². The maximum absolute atomic E-state index is 13.0. The molecule has 8 nitrogen and oxygen atoms in total. The summed E-state index contributed by atoms with van der Waals surface area (Å²) < 4.78 is 24.2. The summed E-state index contributed by atoms with van der Waals surface area (Å²) in [4.78, 5) is 37.8. The number of hydrogen-bond acceptors (Lipinski definition) is 6. The highest BCUT2D eigenvalue weighted by atomic mass is 19.1. The smallest absolute Gasteiger partial charge is 0.356 e. The molecular weight excluding hydrogens is 357 g/mol. The molecule has 2 heterocycles. The van der Waals surface area contributed by atoms with Crippen LogP contribution in [-0.2, 0) is 32.7 Å². The third-order valence-corrected chi connectivity index (χ3v) is 4.32. The van der Waals surface area contributed by atoms with Crippen LogP contribution in [0.4, 0.5) is 10.1 Å². The SMILES string of the molecule is COC(=O)c1cc(COC(=O)C2CCN(c3ccc(F)cc3)C2=O)nn1C. The van der Waals surface area contributed by atoms with Crippen LogP contribution in [0.3, 0.4) is 0 Å². The number of carbonyl (C=O) groups excluding carboxylic acids is 3. The lowest BCUT2D eigenvalue weighted by molar-refractivity contribution is -0.152. The van der Waals surface area contributed by atoms with Crippen LogP contribution in [0.2, 0.25) is 0 Å². The molecule has 27 heavy (non-hydrogen) atoms. The fourth-order valence-corrected chi connectivity index (χ4v) is 2.91. The predicted molar refractivity (Wildman–Crippen MR) is 91.2 cm³/mol. The second-order valence-electron chi connectivity index (χ2n) is 6.05. The summed E-state index contributed by atoms with van der Waals surface area (Å²) >= 11 is 0. The van der Waals surface area contributed by atoms with E-state index in [1.165, 1.54) is 47.0 Å². The Kier molecular flexibility index (Phi) is 5.20. The minimum absolute atomic E-state index is 0.163. The van der Waals surface area contributed by atoms with Crippen LogP contribution < -0.4 is 4.90 Å². The maximum Gasteiger partial charge on any atom is 0.356 e. The number of esters is 2. The second-order valence-corrected chi connectivity index (χ2v) is 6.05. The van der Waals surface area contributed by atoms with E-state index in [2.05, 4.69) is 9.84 Å². The number of rotatable bonds is 5. The van der Waals surface area contributed by atoms with Crippen LogP contribution in [0.25, 0.3) is 0 Å². The van der Waals surface area contributed by atoms with Crippen LogP contribution in [0.1, 0.15) is 22.6 Å². The van der Waals surface area contributed by atoms with E-state index < -0.39 is 23.7 Å². The predicted octanol–water partition coefficient (Wildman–Crippen LogP) is 1.44. The number of nitrogens with zero attached hydrogens (tertiary/aromatic N) is 3. The van der Waals surface area contributed by atoms with Gasteiger partial charge in [0.25, 0.3) is 0 Å². The van der Waals surface area contributed by atoms with Crippen molar-refractivity contribution in [3.8, 4) is 0 Å². The summed E-state index contributed by atoms with van der Waals surface area (Å²) in [6.45, 7) is 0.185. The first kappa shape index (κ1) is 18.6. The Morgan fingerprint density at radius 1 is 1.30 bits per heavy atom. The van der Waals surface area contributed by atoms with Crippen molar-refractivity contribution in [3.63, 3.8) is 0 Å². The molecule has 0 bridgehead atoms. The van der Waals surface area contributed by atoms with E-state index in [4.69, 9.17) is 4.74 Å². The van der Waals surface area contributed by atoms with Crippen molar-refractivity contribution in [1.29, 1.82) is 0 Å². The number of hydrogen-bond donors (Lipinski definition) is 0. The monoisotopic (exact) mass is 375 g/mol. The molecule has 0 aliphatic carbocycles. The van der Waals surface area contributed by atoms with Gasteiger partial charge in [0.05, 0.1) is 7.11 Å². The van der Waals surface area contributed by atoms with E-state index in [-0.39, 0.29) is 18.2 Å². The zero-order valence-corrected chi connectivity index (χ0v) is 14.8. The highest BCUT2D eigenvalue weighted by Gasteiger charge is 2.38. The number of benzene rings is 1. The first-order valence-electron chi connectivity index (χ1n) is 8.25. The summed E-state index contributed by atoms with van der Waals surface area (Å²) in [6, 6.07) is 6.95. The third-order valence-electron chi connectivity index (χ3n) is 4.32. The molecule has 0 N–H and O–H groups in total. The Balaban J connectivity index is 1.61. The van der Waals surface area contributed by atoms with E-state index in [0.717, 1.165) is 0 Å². The summed E-state index contributed by atoms with van der Waals surface area (Å²) in [6.07, 6.45) is 0.310. The Labute approximate surface area is 154 Å². The fourth-order valence-electron chi connectivity index (χ4n) is 2.91. The van der Waals surface area contributed by atoms with Gasteiger partial charge in [-0.2, -0.15) is 5.10 Å². The highest BCUT2D eigenvalue weighted by molar-refractivity contribution is 6.08. The molecule has 1 fully saturated rings. The normalized spacial score (nSPS) is 16.5. The van der Waals surface area contributed by atoms with Gasteiger partial charge in [0.2, 0.25) is 5.91 Å². The van der Waals surface area contributed by atoms with Crippen LogP contribution in [0.5, 0.6) is 0 Å². The van der Waals surface area contributed by atoms with Crippen molar-refractivity contribution < 1.29 is 28.2 Å². The Hall–Kier alpha value is -3.23. The highest BCUT2D eigenvalue weighted by Crippen LogP contribution is 2.26. The molecule has 1 aromatic carbocycles. The van der Waals surface area contributed by atoms with Gasteiger partial charge in [0.15, 0.2) is 0 Å². The van der Waals surface area contributed by atoms with Gasteiger partial charge in [-0.1, -0.05) is 0 Å².